The summed E-state index contributed by atoms with van der Waals surface area (Å²) in [6.07, 6.45) is 0. The van der Waals surface area contributed by atoms with E-state index in [2.05, 4.69) is 12.2 Å². The van der Waals surface area contributed by atoms with Crippen molar-refractivity contribution in [1.29, 1.82) is 0 Å². The van der Waals surface area contributed by atoms with Gasteiger partial charge >= 0.3 is 0 Å². The minimum atomic E-state index is -0.102. The number of hydrogen-bond donors (Lipinski definition) is 2. The summed E-state index contributed by atoms with van der Waals surface area (Å²) in [6, 6.07) is 8.02. The van der Waals surface area contributed by atoms with E-state index in [0.717, 1.165) is 17.1 Å². The van der Waals surface area contributed by atoms with Gasteiger partial charge in [-0.1, -0.05) is 43.6 Å². The number of hydrogen-bond acceptors (Lipinski definition) is 2. The number of halogens is 1. The molecule has 1 aromatic rings. The second kappa shape index (κ2) is 5.67. The molecular formula is C13H20ClNO. The predicted octanol–water partition coefficient (Wildman–Crippen LogP) is 3.01. The van der Waals surface area contributed by atoms with Gasteiger partial charge in [0.05, 0.1) is 0 Å². The summed E-state index contributed by atoms with van der Waals surface area (Å²) >= 11 is 6.11. The molecule has 0 saturated carbocycles. The van der Waals surface area contributed by atoms with Gasteiger partial charge in [0.15, 0.2) is 0 Å². The fraction of sp³-hybridized carbons (Fsp3) is 0.538. The van der Waals surface area contributed by atoms with Gasteiger partial charge in [-0.3, -0.25) is 0 Å². The van der Waals surface area contributed by atoms with Gasteiger partial charge in [-0.25, -0.2) is 0 Å². The van der Waals surface area contributed by atoms with Crippen molar-refractivity contribution in [2.75, 3.05) is 13.2 Å². The van der Waals surface area contributed by atoms with Crippen molar-refractivity contribution < 1.29 is 5.11 Å². The summed E-state index contributed by atoms with van der Waals surface area (Å²) < 4.78 is 0. The Labute approximate surface area is 103 Å². The Kier molecular flexibility index (Phi) is 4.78. The molecule has 0 bridgehead atoms. The SMILES string of the molecule is CC(NCC(C)(C)CO)c1ccccc1Cl. The average Bonchev–Trinajstić information content (AvgIpc) is 2.27. The first-order valence-corrected chi connectivity index (χ1v) is 5.93. The maximum Gasteiger partial charge on any atom is 0.0494 e. The number of nitrogens with one attached hydrogen (secondary N) is 1. The third kappa shape index (κ3) is 3.78. The van der Waals surface area contributed by atoms with Gasteiger partial charge in [-0.2, -0.15) is 0 Å². The van der Waals surface area contributed by atoms with Crippen LogP contribution in [-0.4, -0.2) is 18.3 Å². The Morgan fingerprint density at radius 3 is 2.56 bits per heavy atom. The van der Waals surface area contributed by atoms with Crippen LogP contribution in [0.4, 0.5) is 0 Å². The van der Waals surface area contributed by atoms with Crippen LogP contribution in [0.1, 0.15) is 32.4 Å². The fourth-order valence-corrected chi connectivity index (χ4v) is 1.72. The molecular weight excluding hydrogens is 222 g/mol. The van der Waals surface area contributed by atoms with Crippen LogP contribution < -0.4 is 5.32 Å². The van der Waals surface area contributed by atoms with Crippen molar-refractivity contribution in [3.63, 3.8) is 0 Å². The van der Waals surface area contributed by atoms with Crippen LogP contribution in [0.2, 0.25) is 5.02 Å². The minimum absolute atomic E-state index is 0.102. The second-order valence-corrected chi connectivity index (χ2v) is 5.35. The molecule has 2 N–H and O–H groups in total. The monoisotopic (exact) mass is 241 g/mol. The third-order valence-electron chi connectivity index (χ3n) is 2.69. The largest absolute Gasteiger partial charge is 0.396 e. The van der Waals surface area contributed by atoms with Crippen molar-refractivity contribution in [2.45, 2.75) is 26.8 Å². The molecule has 0 fully saturated rings. The van der Waals surface area contributed by atoms with E-state index >= 15 is 0 Å². The fourth-order valence-electron chi connectivity index (χ4n) is 1.42. The lowest BCUT2D eigenvalue weighted by atomic mass is 9.94. The van der Waals surface area contributed by atoms with Crippen LogP contribution in [0, 0.1) is 5.41 Å². The van der Waals surface area contributed by atoms with Gasteiger partial charge in [0.25, 0.3) is 0 Å². The lowest BCUT2D eigenvalue weighted by molar-refractivity contribution is 0.154. The summed E-state index contributed by atoms with van der Waals surface area (Å²) in [5.41, 5.74) is 0.994. The Bertz CT molecular complexity index is 338. The molecule has 16 heavy (non-hydrogen) atoms. The lowest BCUT2D eigenvalue weighted by Crippen LogP contribution is -2.33. The number of aliphatic hydroxyl groups is 1. The van der Waals surface area contributed by atoms with Gasteiger partial charge in [0.1, 0.15) is 0 Å². The van der Waals surface area contributed by atoms with E-state index < -0.39 is 0 Å². The molecule has 90 valence electrons. The lowest BCUT2D eigenvalue weighted by Gasteiger charge is -2.25. The summed E-state index contributed by atoms with van der Waals surface area (Å²) in [5, 5.41) is 13.3. The Morgan fingerprint density at radius 1 is 1.38 bits per heavy atom. The zero-order chi connectivity index (χ0) is 12.2. The van der Waals surface area contributed by atoms with Crippen molar-refractivity contribution in [3.8, 4) is 0 Å². The third-order valence-corrected chi connectivity index (χ3v) is 3.03. The van der Waals surface area contributed by atoms with Crippen molar-refractivity contribution in [2.24, 2.45) is 5.41 Å². The highest BCUT2D eigenvalue weighted by Gasteiger charge is 2.18. The van der Waals surface area contributed by atoms with E-state index in [9.17, 15) is 0 Å². The zero-order valence-corrected chi connectivity index (χ0v) is 10.9. The number of rotatable bonds is 5. The molecule has 0 aromatic heterocycles. The number of benzene rings is 1. The van der Waals surface area contributed by atoms with E-state index in [0.29, 0.717) is 0 Å². The van der Waals surface area contributed by atoms with Crippen LogP contribution >= 0.6 is 11.6 Å². The molecule has 0 aliphatic heterocycles. The zero-order valence-electron chi connectivity index (χ0n) is 10.1. The van der Waals surface area contributed by atoms with Crippen LogP contribution in [0.15, 0.2) is 24.3 Å². The Hall–Kier alpha value is -0.570. The van der Waals surface area contributed by atoms with E-state index in [-0.39, 0.29) is 18.1 Å². The van der Waals surface area contributed by atoms with Gasteiger partial charge in [-0.05, 0) is 18.6 Å². The highest BCUT2D eigenvalue weighted by molar-refractivity contribution is 6.31. The predicted molar refractivity (Wildman–Crippen MR) is 68.7 cm³/mol. The maximum atomic E-state index is 9.17. The molecule has 0 aliphatic rings. The summed E-state index contributed by atoms with van der Waals surface area (Å²) in [6.45, 7) is 7.07. The summed E-state index contributed by atoms with van der Waals surface area (Å²) in [7, 11) is 0. The molecule has 0 aliphatic carbocycles. The molecule has 0 radical (unpaired) electrons. The Morgan fingerprint density at radius 2 is 2.00 bits per heavy atom. The molecule has 0 spiro atoms. The molecule has 0 saturated heterocycles. The number of aliphatic hydroxyl groups excluding tert-OH is 1. The second-order valence-electron chi connectivity index (χ2n) is 4.95. The normalized spacial score (nSPS) is 13.8. The summed E-state index contributed by atoms with van der Waals surface area (Å²) in [4.78, 5) is 0. The minimum Gasteiger partial charge on any atom is -0.396 e. The molecule has 3 heteroatoms. The smallest absolute Gasteiger partial charge is 0.0494 e. The molecule has 1 unspecified atom stereocenters. The molecule has 2 nitrogen and oxygen atoms in total. The van der Waals surface area contributed by atoms with Gasteiger partial charge in [0, 0.05) is 29.6 Å². The van der Waals surface area contributed by atoms with Crippen LogP contribution in [0.25, 0.3) is 0 Å². The van der Waals surface area contributed by atoms with E-state index in [1.54, 1.807) is 0 Å². The van der Waals surface area contributed by atoms with E-state index in [1.807, 2.05) is 38.1 Å². The highest BCUT2D eigenvalue weighted by Crippen LogP contribution is 2.23. The van der Waals surface area contributed by atoms with Crippen molar-refractivity contribution >= 4 is 11.6 Å². The van der Waals surface area contributed by atoms with Crippen molar-refractivity contribution in [3.05, 3.63) is 34.9 Å². The van der Waals surface area contributed by atoms with Crippen LogP contribution in [-0.2, 0) is 0 Å². The van der Waals surface area contributed by atoms with E-state index in [1.165, 1.54) is 0 Å². The van der Waals surface area contributed by atoms with Crippen molar-refractivity contribution in [1.82, 2.24) is 5.32 Å². The maximum absolute atomic E-state index is 9.17. The highest BCUT2D eigenvalue weighted by atomic mass is 35.5. The molecule has 0 heterocycles. The first kappa shape index (κ1) is 13.5. The van der Waals surface area contributed by atoms with E-state index in [4.69, 9.17) is 16.7 Å². The molecule has 1 rings (SSSR count). The van der Waals surface area contributed by atoms with Gasteiger partial charge in [0.2, 0.25) is 0 Å². The first-order valence-electron chi connectivity index (χ1n) is 5.55. The van der Waals surface area contributed by atoms with Gasteiger partial charge in [-0.15, -0.1) is 0 Å². The first-order chi connectivity index (χ1) is 7.46. The Balaban J connectivity index is 2.60. The van der Waals surface area contributed by atoms with Crippen LogP contribution in [0.5, 0.6) is 0 Å². The van der Waals surface area contributed by atoms with Crippen LogP contribution in [0.3, 0.4) is 0 Å². The summed E-state index contributed by atoms with van der Waals surface area (Å²) in [5.74, 6) is 0. The molecule has 0 amide bonds. The topological polar surface area (TPSA) is 32.3 Å². The van der Waals surface area contributed by atoms with Gasteiger partial charge < -0.3 is 10.4 Å². The molecule has 1 atom stereocenters. The quantitative estimate of drug-likeness (QED) is 0.831. The standard InChI is InChI=1S/C13H20ClNO/c1-10(15-8-13(2,3)9-16)11-6-4-5-7-12(11)14/h4-7,10,15-16H,8-9H2,1-3H3. The average molecular weight is 242 g/mol. The molecule has 1 aromatic carbocycles.